The van der Waals surface area contributed by atoms with Gasteiger partial charge in [0.1, 0.15) is 0 Å². The number of nitrogens with zero attached hydrogens (tertiary/aromatic N) is 3. The summed E-state index contributed by atoms with van der Waals surface area (Å²) in [6.45, 7) is 6.10. The molecule has 1 saturated carbocycles. The lowest BCUT2D eigenvalue weighted by molar-refractivity contribution is 0.168. The fraction of sp³-hybridized carbons (Fsp3) is 0.760. The normalized spacial score (nSPS) is 23.5. The number of halogens is 2. The van der Waals surface area contributed by atoms with Gasteiger partial charge in [-0.3, -0.25) is 0 Å². The van der Waals surface area contributed by atoms with Crippen LogP contribution < -0.4 is 0 Å². The van der Waals surface area contributed by atoms with Crippen molar-refractivity contribution in [2.45, 2.75) is 70.8 Å². The van der Waals surface area contributed by atoms with Gasteiger partial charge in [-0.15, -0.1) is 0 Å². The lowest BCUT2D eigenvalue weighted by Gasteiger charge is -2.37. The maximum Gasteiger partial charge on any atom is 0.281 e. The second kappa shape index (κ2) is 12.7. The van der Waals surface area contributed by atoms with E-state index in [1.54, 1.807) is 18.4 Å². The molecule has 1 aliphatic heterocycles. The van der Waals surface area contributed by atoms with Gasteiger partial charge in [0.05, 0.1) is 0 Å². The molecule has 3 rings (SSSR count). The third-order valence-electron chi connectivity index (χ3n) is 7.60. The van der Waals surface area contributed by atoms with Crippen molar-refractivity contribution < 1.29 is 8.42 Å². The van der Waals surface area contributed by atoms with Crippen molar-refractivity contribution in [1.29, 1.82) is 0 Å². The Balaban J connectivity index is 1.34. The fourth-order valence-electron chi connectivity index (χ4n) is 5.57. The lowest BCUT2D eigenvalue weighted by atomic mass is 9.83. The highest BCUT2D eigenvalue weighted by molar-refractivity contribution is 9.10. The van der Waals surface area contributed by atoms with Crippen LogP contribution in [0.1, 0.15) is 63.9 Å². The minimum Gasteiger partial charge on any atom is -0.303 e. The molecule has 1 saturated heterocycles. The van der Waals surface area contributed by atoms with Gasteiger partial charge in [-0.05, 0) is 113 Å². The van der Waals surface area contributed by atoms with E-state index in [1.807, 2.05) is 13.0 Å². The number of hydrogen-bond acceptors (Lipinski definition) is 3. The van der Waals surface area contributed by atoms with Crippen molar-refractivity contribution in [3.05, 3.63) is 33.3 Å². The first-order valence-corrected chi connectivity index (χ1v) is 15.1. The number of likely N-dealkylation sites (tertiary alicyclic amines) is 1. The molecule has 2 fully saturated rings. The van der Waals surface area contributed by atoms with Crippen molar-refractivity contribution in [3.63, 3.8) is 0 Å². The van der Waals surface area contributed by atoms with Gasteiger partial charge in [0.2, 0.25) is 0 Å². The second-order valence-electron chi connectivity index (χ2n) is 10.0. The SMILES string of the molecule is CCN([C@H]1CC[C@H](CCCN2CCC(Cc3cc(Cl)ccc3Br)CC2)CC1)S(=O)(=O)N(C)C. The molecule has 2 aliphatic rings. The van der Waals surface area contributed by atoms with E-state index in [9.17, 15) is 8.42 Å². The molecular weight excluding hydrogens is 522 g/mol. The van der Waals surface area contributed by atoms with Crippen LogP contribution in [0.5, 0.6) is 0 Å². The molecule has 1 aliphatic carbocycles. The maximum absolute atomic E-state index is 12.6. The van der Waals surface area contributed by atoms with E-state index in [1.165, 1.54) is 59.7 Å². The minimum atomic E-state index is -3.32. The minimum absolute atomic E-state index is 0.164. The van der Waals surface area contributed by atoms with E-state index in [-0.39, 0.29) is 6.04 Å². The van der Waals surface area contributed by atoms with Gasteiger partial charge in [0, 0.05) is 36.2 Å². The first kappa shape index (κ1) is 27.4. The quantitative estimate of drug-likeness (QED) is 0.361. The van der Waals surface area contributed by atoms with Crippen LogP contribution in [0.3, 0.4) is 0 Å². The van der Waals surface area contributed by atoms with Crippen molar-refractivity contribution in [2.75, 3.05) is 40.3 Å². The van der Waals surface area contributed by atoms with Crippen LogP contribution in [0.15, 0.2) is 22.7 Å². The number of rotatable bonds is 10. The van der Waals surface area contributed by atoms with Gasteiger partial charge in [-0.1, -0.05) is 34.5 Å². The van der Waals surface area contributed by atoms with Crippen LogP contribution in [-0.4, -0.2) is 68.2 Å². The van der Waals surface area contributed by atoms with E-state index >= 15 is 0 Å². The zero-order valence-electron chi connectivity index (χ0n) is 20.5. The van der Waals surface area contributed by atoms with Gasteiger partial charge in [-0.25, -0.2) is 0 Å². The molecule has 0 radical (unpaired) electrons. The van der Waals surface area contributed by atoms with Crippen molar-refractivity contribution in [3.8, 4) is 0 Å². The molecule has 0 bridgehead atoms. The predicted molar refractivity (Wildman–Crippen MR) is 142 cm³/mol. The molecule has 1 aromatic carbocycles. The Labute approximate surface area is 215 Å². The zero-order valence-corrected chi connectivity index (χ0v) is 23.6. The average Bonchev–Trinajstić information content (AvgIpc) is 2.79. The molecule has 1 heterocycles. The summed E-state index contributed by atoms with van der Waals surface area (Å²) < 4.78 is 29.4. The van der Waals surface area contributed by atoms with Gasteiger partial charge in [0.25, 0.3) is 10.2 Å². The van der Waals surface area contributed by atoms with Crippen molar-refractivity contribution in [1.82, 2.24) is 13.5 Å². The summed E-state index contributed by atoms with van der Waals surface area (Å²) in [5.74, 6) is 1.49. The van der Waals surface area contributed by atoms with Gasteiger partial charge >= 0.3 is 0 Å². The highest BCUT2D eigenvalue weighted by atomic mass is 79.9. The summed E-state index contributed by atoms with van der Waals surface area (Å²) >= 11 is 9.85. The zero-order chi connectivity index (χ0) is 24.0. The molecule has 8 heteroatoms. The smallest absolute Gasteiger partial charge is 0.281 e. The molecule has 0 spiro atoms. The van der Waals surface area contributed by atoms with Gasteiger partial charge < -0.3 is 4.90 Å². The summed E-state index contributed by atoms with van der Waals surface area (Å²) in [6.07, 6.45) is 10.5. The number of piperidine rings is 1. The summed E-state index contributed by atoms with van der Waals surface area (Å²) in [5.41, 5.74) is 1.33. The Kier molecular flexibility index (Phi) is 10.5. The van der Waals surface area contributed by atoms with E-state index in [0.717, 1.165) is 49.0 Å². The Morgan fingerprint density at radius 3 is 2.33 bits per heavy atom. The van der Waals surface area contributed by atoms with Crippen LogP contribution in [0.2, 0.25) is 5.02 Å². The molecule has 33 heavy (non-hydrogen) atoms. The van der Waals surface area contributed by atoms with Crippen LogP contribution in [0.4, 0.5) is 0 Å². The third-order valence-corrected chi connectivity index (χ3v) is 10.7. The molecule has 0 aromatic heterocycles. The molecule has 1 aromatic rings. The largest absolute Gasteiger partial charge is 0.303 e. The molecule has 5 nitrogen and oxygen atoms in total. The first-order chi connectivity index (χ1) is 15.7. The Morgan fingerprint density at radius 1 is 1.06 bits per heavy atom. The van der Waals surface area contributed by atoms with Crippen LogP contribution in [0.25, 0.3) is 0 Å². The Hall–Kier alpha value is -0.180. The maximum atomic E-state index is 12.6. The van der Waals surface area contributed by atoms with E-state index in [2.05, 4.69) is 33.0 Å². The topological polar surface area (TPSA) is 43.9 Å². The lowest BCUT2D eigenvalue weighted by Crippen LogP contribution is -2.47. The van der Waals surface area contributed by atoms with Crippen molar-refractivity contribution in [2.24, 2.45) is 11.8 Å². The van der Waals surface area contributed by atoms with E-state index in [0.29, 0.717) is 6.54 Å². The Bertz CT molecular complexity index is 851. The van der Waals surface area contributed by atoms with Crippen LogP contribution >= 0.6 is 27.5 Å². The summed E-state index contributed by atoms with van der Waals surface area (Å²) in [5, 5.41) is 0.821. The van der Waals surface area contributed by atoms with Crippen LogP contribution in [0, 0.1) is 11.8 Å². The molecule has 188 valence electrons. The van der Waals surface area contributed by atoms with E-state index < -0.39 is 10.2 Å². The number of hydrogen-bond donors (Lipinski definition) is 0. The van der Waals surface area contributed by atoms with Crippen molar-refractivity contribution >= 4 is 37.7 Å². The molecule has 0 N–H and O–H groups in total. The third kappa shape index (κ3) is 7.65. The molecule has 0 amide bonds. The first-order valence-electron chi connectivity index (χ1n) is 12.6. The average molecular weight is 563 g/mol. The molecular formula is C25H41BrClN3O2S. The number of benzene rings is 1. The monoisotopic (exact) mass is 561 g/mol. The Morgan fingerprint density at radius 2 is 1.73 bits per heavy atom. The highest BCUT2D eigenvalue weighted by Crippen LogP contribution is 2.32. The fourth-order valence-corrected chi connectivity index (χ4v) is 7.51. The van der Waals surface area contributed by atoms with Gasteiger partial charge in [-0.2, -0.15) is 17.0 Å². The highest BCUT2D eigenvalue weighted by Gasteiger charge is 2.33. The van der Waals surface area contributed by atoms with Gasteiger partial charge in [0.15, 0.2) is 0 Å². The molecule has 0 unspecified atom stereocenters. The van der Waals surface area contributed by atoms with E-state index in [4.69, 9.17) is 11.6 Å². The second-order valence-corrected chi connectivity index (χ2v) is 13.4. The summed E-state index contributed by atoms with van der Waals surface area (Å²) in [6, 6.07) is 6.26. The predicted octanol–water partition coefficient (Wildman–Crippen LogP) is 5.82. The summed E-state index contributed by atoms with van der Waals surface area (Å²) in [7, 11) is -0.0607. The summed E-state index contributed by atoms with van der Waals surface area (Å²) in [4.78, 5) is 2.64. The standard InChI is InChI=1S/C25H41BrClN3O2S/c1-4-30(33(31,32)28(2)3)24-10-7-20(8-11-24)6-5-15-29-16-13-21(14-17-29)18-22-19-23(27)9-12-25(22)26/h9,12,19-21,24H,4-8,10-11,13-18H2,1-3H3/t20-,24-. The molecule has 0 atom stereocenters. The van der Waals surface area contributed by atoms with Crippen LogP contribution in [-0.2, 0) is 16.6 Å².